The first-order valence-corrected chi connectivity index (χ1v) is 13.5. The Morgan fingerprint density at radius 2 is 1.65 bits per heavy atom. The van der Waals surface area contributed by atoms with E-state index in [9.17, 15) is 4.79 Å². The Labute approximate surface area is 228 Å². The van der Waals surface area contributed by atoms with E-state index in [1.54, 1.807) is 31.5 Å². The minimum Gasteiger partial charge on any atom is -0.493 e. The fourth-order valence-electron chi connectivity index (χ4n) is 3.70. The van der Waals surface area contributed by atoms with Crippen molar-refractivity contribution in [3.05, 3.63) is 87.9 Å². The fourth-order valence-corrected chi connectivity index (χ4v) is 4.08. The Balaban J connectivity index is 1.55. The molecule has 3 rings (SSSR count). The summed E-state index contributed by atoms with van der Waals surface area (Å²) in [6, 6.07) is 20.7. The number of rotatable bonds is 15. The number of hydrazone groups is 1. The molecule has 0 heterocycles. The predicted molar refractivity (Wildman–Crippen MR) is 152 cm³/mol. The van der Waals surface area contributed by atoms with Crippen molar-refractivity contribution in [3.8, 4) is 17.2 Å². The first-order valence-electron chi connectivity index (χ1n) is 12.7. The summed E-state index contributed by atoms with van der Waals surface area (Å²) in [6.07, 6.45) is 8.82. The second kappa shape index (κ2) is 15.7. The maximum atomic E-state index is 12.7. The summed E-state index contributed by atoms with van der Waals surface area (Å²) in [5, 5.41) is 4.15. The lowest BCUT2D eigenvalue weighted by Crippen LogP contribution is -2.17. The molecule has 7 heteroatoms. The van der Waals surface area contributed by atoms with Gasteiger partial charge in [0, 0.05) is 15.6 Å². The van der Waals surface area contributed by atoms with Gasteiger partial charge in [-0.2, -0.15) is 5.10 Å². The minimum absolute atomic E-state index is 0.353. The Morgan fingerprint density at radius 3 is 2.43 bits per heavy atom. The Morgan fingerprint density at radius 1 is 0.892 bits per heavy atom. The van der Waals surface area contributed by atoms with Crippen LogP contribution in [0.1, 0.15) is 66.9 Å². The van der Waals surface area contributed by atoms with Gasteiger partial charge in [0.2, 0.25) is 0 Å². The summed E-state index contributed by atoms with van der Waals surface area (Å²) in [5.41, 5.74) is 4.82. The number of hydrogen-bond acceptors (Lipinski definition) is 5. The fraction of sp³-hybridized carbons (Fsp3) is 0.333. The zero-order valence-electron chi connectivity index (χ0n) is 21.5. The van der Waals surface area contributed by atoms with Gasteiger partial charge < -0.3 is 14.2 Å². The summed E-state index contributed by atoms with van der Waals surface area (Å²) >= 11 is 3.49. The summed E-state index contributed by atoms with van der Waals surface area (Å²) in [7, 11) is 1.55. The van der Waals surface area contributed by atoms with Crippen LogP contribution < -0.4 is 19.6 Å². The number of unbranched alkanes of at least 4 members (excludes halogenated alkanes) is 5. The average molecular weight is 568 g/mol. The average Bonchev–Trinajstić information content (AvgIpc) is 2.92. The molecule has 0 aromatic heterocycles. The maximum absolute atomic E-state index is 12.7. The van der Waals surface area contributed by atoms with Crippen LogP contribution in [0.3, 0.4) is 0 Å². The second-order valence-corrected chi connectivity index (χ2v) is 9.55. The molecule has 0 aliphatic carbocycles. The SMILES string of the molecule is CCCCCCCCOc1ccc(Br)cc1/C=N/NC(=O)c1ccc(OCc2ccccc2)c(OC)c1. The number of halogens is 1. The first kappa shape index (κ1) is 28.3. The molecule has 0 fully saturated rings. The van der Waals surface area contributed by atoms with Crippen molar-refractivity contribution in [1.82, 2.24) is 5.43 Å². The number of nitrogens with one attached hydrogen (secondary N) is 1. The van der Waals surface area contributed by atoms with E-state index in [0.717, 1.165) is 34.2 Å². The van der Waals surface area contributed by atoms with Gasteiger partial charge in [-0.05, 0) is 48.4 Å². The lowest BCUT2D eigenvalue weighted by atomic mass is 10.1. The van der Waals surface area contributed by atoms with Gasteiger partial charge in [0.05, 0.1) is 19.9 Å². The second-order valence-electron chi connectivity index (χ2n) is 8.64. The van der Waals surface area contributed by atoms with Gasteiger partial charge in [0.25, 0.3) is 5.91 Å². The molecule has 37 heavy (non-hydrogen) atoms. The molecular weight excluding hydrogens is 532 g/mol. The molecule has 0 bridgehead atoms. The van der Waals surface area contributed by atoms with E-state index in [1.165, 1.54) is 25.7 Å². The zero-order chi connectivity index (χ0) is 26.3. The molecule has 0 aliphatic rings. The molecule has 3 aromatic carbocycles. The van der Waals surface area contributed by atoms with Gasteiger partial charge >= 0.3 is 0 Å². The Bertz CT molecular complexity index is 1150. The van der Waals surface area contributed by atoms with Crippen molar-refractivity contribution in [3.63, 3.8) is 0 Å². The standard InChI is InChI=1S/C30H35BrN2O4/c1-3-4-5-6-7-11-18-36-27-17-15-26(31)19-25(27)21-32-33-30(34)24-14-16-28(29(20-24)35-2)37-22-23-12-9-8-10-13-23/h8-10,12-17,19-21H,3-7,11,18,22H2,1-2H3,(H,33,34)/b32-21+. The summed E-state index contributed by atoms with van der Waals surface area (Å²) in [5.74, 6) is 1.42. The number of amides is 1. The van der Waals surface area contributed by atoms with Crippen LogP contribution in [0.15, 0.2) is 76.3 Å². The Kier molecular flexibility index (Phi) is 12.0. The van der Waals surface area contributed by atoms with Crippen LogP contribution in [0.4, 0.5) is 0 Å². The highest BCUT2D eigenvalue weighted by molar-refractivity contribution is 9.10. The predicted octanol–water partition coefficient (Wildman–Crippen LogP) is 7.54. The van der Waals surface area contributed by atoms with E-state index in [-0.39, 0.29) is 5.91 Å². The van der Waals surface area contributed by atoms with Gasteiger partial charge in [0.1, 0.15) is 12.4 Å². The quantitative estimate of drug-likeness (QED) is 0.117. The summed E-state index contributed by atoms with van der Waals surface area (Å²) in [6.45, 7) is 3.28. The van der Waals surface area contributed by atoms with E-state index < -0.39 is 0 Å². The molecule has 1 N–H and O–H groups in total. The van der Waals surface area contributed by atoms with E-state index >= 15 is 0 Å². The van der Waals surface area contributed by atoms with Crippen LogP contribution in [0.5, 0.6) is 17.2 Å². The van der Waals surface area contributed by atoms with Crippen molar-refractivity contribution >= 4 is 28.1 Å². The normalized spacial score (nSPS) is 10.9. The Hall–Kier alpha value is -3.32. The number of carbonyl (C=O) groups excluding carboxylic acids is 1. The van der Waals surface area contributed by atoms with Gasteiger partial charge in [-0.1, -0.05) is 85.3 Å². The van der Waals surface area contributed by atoms with Crippen LogP contribution in [-0.2, 0) is 6.61 Å². The zero-order valence-corrected chi connectivity index (χ0v) is 23.1. The molecule has 0 atom stereocenters. The number of nitrogens with zero attached hydrogens (tertiary/aromatic N) is 1. The van der Waals surface area contributed by atoms with Gasteiger partial charge in [-0.3, -0.25) is 4.79 Å². The third kappa shape index (κ3) is 9.57. The topological polar surface area (TPSA) is 69.2 Å². The molecule has 0 spiro atoms. The van der Waals surface area contributed by atoms with Crippen molar-refractivity contribution in [1.29, 1.82) is 0 Å². The van der Waals surface area contributed by atoms with Crippen molar-refractivity contribution in [2.24, 2.45) is 5.10 Å². The maximum Gasteiger partial charge on any atom is 0.271 e. The highest BCUT2D eigenvalue weighted by Gasteiger charge is 2.11. The third-order valence-electron chi connectivity index (χ3n) is 5.76. The first-order chi connectivity index (χ1) is 18.1. The smallest absolute Gasteiger partial charge is 0.271 e. The van der Waals surface area contributed by atoms with Crippen LogP contribution in [0.25, 0.3) is 0 Å². The van der Waals surface area contributed by atoms with E-state index in [4.69, 9.17) is 14.2 Å². The molecule has 0 saturated carbocycles. The molecule has 0 saturated heterocycles. The van der Waals surface area contributed by atoms with Gasteiger partial charge in [0.15, 0.2) is 11.5 Å². The van der Waals surface area contributed by atoms with Crippen LogP contribution in [0, 0.1) is 0 Å². The monoisotopic (exact) mass is 566 g/mol. The molecule has 196 valence electrons. The number of hydrogen-bond donors (Lipinski definition) is 1. The van der Waals surface area contributed by atoms with E-state index in [0.29, 0.717) is 30.3 Å². The van der Waals surface area contributed by atoms with Gasteiger partial charge in [-0.25, -0.2) is 5.43 Å². The molecule has 1 amide bonds. The molecule has 3 aromatic rings. The van der Waals surface area contributed by atoms with E-state index in [1.807, 2.05) is 48.5 Å². The van der Waals surface area contributed by atoms with E-state index in [2.05, 4.69) is 33.4 Å². The number of ether oxygens (including phenoxy) is 3. The highest BCUT2D eigenvalue weighted by atomic mass is 79.9. The number of methoxy groups -OCH3 is 1. The lowest BCUT2D eigenvalue weighted by Gasteiger charge is -2.12. The third-order valence-corrected chi connectivity index (χ3v) is 6.25. The molecule has 0 aliphatic heterocycles. The lowest BCUT2D eigenvalue weighted by molar-refractivity contribution is 0.0954. The number of carbonyl (C=O) groups is 1. The summed E-state index contributed by atoms with van der Waals surface area (Å²) in [4.78, 5) is 12.7. The number of benzene rings is 3. The largest absolute Gasteiger partial charge is 0.493 e. The minimum atomic E-state index is -0.353. The van der Waals surface area contributed by atoms with Crippen LogP contribution >= 0.6 is 15.9 Å². The molecule has 6 nitrogen and oxygen atoms in total. The van der Waals surface area contributed by atoms with Crippen molar-refractivity contribution in [2.45, 2.75) is 52.1 Å². The van der Waals surface area contributed by atoms with Gasteiger partial charge in [-0.15, -0.1) is 0 Å². The highest BCUT2D eigenvalue weighted by Crippen LogP contribution is 2.29. The van der Waals surface area contributed by atoms with Crippen LogP contribution in [0.2, 0.25) is 0 Å². The summed E-state index contributed by atoms with van der Waals surface area (Å²) < 4.78 is 18.2. The van der Waals surface area contributed by atoms with Crippen LogP contribution in [-0.4, -0.2) is 25.8 Å². The van der Waals surface area contributed by atoms with Crippen molar-refractivity contribution in [2.75, 3.05) is 13.7 Å². The molecular formula is C30H35BrN2O4. The molecule has 0 unspecified atom stereocenters. The van der Waals surface area contributed by atoms with Crippen molar-refractivity contribution < 1.29 is 19.0 Å². The molecule has 0 radical (unpaired) electrons.